The second-order valence-electron chi connectivity index (χ2n) is 6.42. The van der Waals surface area contributed by atoms with Gasteiger partial charge in [-0.25, -0.2) is 4.98 Å². The molecule has 0 saturated carbocycles. The van der Waals surface area contributed by atoms with Gasteiger partial charge in [0, 0.05) is 13.1 Å². The number of carboxylic acids is 1. The average Bonchev–Trinajstić information content (AvgIpc) is 2.92. The first-order valence-corrected chi connectivity index (χ1v) is 7.56. The number of rotatable bonds is 3. The number of hydrogen-bond donors (Lipinski definition) is 1. The Morgan fingerprint density at radius 3 is 2.38 bits per heavy atom. The molecule has 1 aliphatic heterocycles. The molecule has 2 rings (SSSR count). The average molecular weight is 344 g/mol. The number of nitrogens with zero attached hydrogens (tertiary/aromatic N) is 2. The molecule has 2 heterocycles. The SMILES string of the molecule is Cc1nc(C(F)(F)F)ccc1C(=O)N1CCC(C(=O)O)(C(C)C)C1. The van der Waals surface area contributed by atoms with Crippen LogP contribution in [0.1, 0.15) is 42.0 Å². The van der Waals surface area contributed by atoms with Crippen LogP contribution in [0.2, 0.25) is 0 Å². The van der Waals surface area contributed by atoms with E-state index in [1.54, 1.807) is 13.8 Å². The normalized spacial score (nSPS) is 21.4. The lowest BCUT2D eigenvalue weighted by Crippen LogP contribution is -2.40. The van der Waals surface area contributed by atoms with Crippen LogP contribution in [-0.4, -0.2) is 40.0 Å². The number of carbonyl (C=O) groups is 2. The van der Waals surface area contributed by atoms with Crippen LogP contribution in [0.15, 0.2) is 12.1 Å². The molecule has 0 radical (unpaired) electrons. The predicted molar refractivity (Wildman–Crippen MR) is 79.4 cm³/mol. The Labute approximate surface area is 137 Å². The van der Waals surface area contributed by atoms with Crippen molar-refractivity contribution in [2.45, 2.75) is 33.4 Å². The number of pyridine rings is 1. The number of carboxylic acid groups (broad SMARTS) is 1. The van der Waals surface area contributed by atoms with Crippen LogP contribution in [0.4, 0.5) is 13.2 Å². The van der Waals surface area contributed by atoms with E-state index in [-0.39, 0.29) is 30.3 Å². The Morgan fingerprint density at radius 2 is 1.96 bits per heavy atom. The lowest BCUT2D eigenvalue weighted by Gasteiger charge is -2.28. The van der Waals surface area contributed by atoms with Gasteiger partial charge in [-0.2, -0.15) is 13.2 Å². The fourth-order valence-electron chi connectivity index (χ4n) is 3.01. The van der Waals surface area contributed by atoms with E-state index < -0.39 is 29.2 Å². The number of likely N-dealkylation sites (tertiary alicyclic amines) is 1. The first kappa shape index (κ1) is 18.2. The van der Waals surface area contributed by atoms with E-state index in [0.717, 1.165) is 12.1 Å². The lowest BCUT2D eigenvalue weighted by atomic mass is 9.76. The fraction of sp³-hybridized carbons (Fsp3) is 0.562. The van der Waals surface area contributed by atoms with Crippen molar-refractivity contribution in [2.24, 2.45) is 11.3 Å². The van der Waals surface area contributed by atoms with Gasteiger partial charge < -0.3 is 10.0 Å². The highest BCUT2D eigenvalue weighted by molar-refractivity contribution is 5.96. The second kappa shape index (κ2) is 6.07. The van der Waals surface area contributed by atoms with Gasteiger partial charge in [0.25, 0.3) is 5.91 Å². The molecule has 0 bridgehead atoms. The van der Waals surface area contributed by atoms with Gasteiger partial charge in [0.15, 0.2) is 0 Å². The van der Waals surface area contributed by atoms with Crippen molar-refractivity contribution in [3.63, 3.8) is 0 Å². The van der Waals surface area contributed by atoms with Crippen LogP contribution in [-0.2, 0) is 11.0 Å². The number of carbonyl (C=O) groups excluding carboxylic acids is 1. The molecule has 1 unspecified atom stereocenters. The van der Waals surface area contributed by atoms with Gasteiger partial charge in [0.2, 0.25) is 0 Å². The summed E-state index contributed by atoms with van der Waals surface area (Å²) in [7, 11) is 0. The first-order valence-electron chi connectivity index (χ1n) is 7.56. The Morgan fingerprint density at radius 1 is 1.33 bits per heavy atom. The van der Waals surface area contributed by atoms with Gasteiger partial charge in [-0.15, -0.1) is 0 Å². The molecular weight excluding hydrogens is 325 g/mol. The molecule has 1 fully saturated rings. The molecule has 1 N–H and O–H groups in total. The maximum atomic E-state index is 12.7. The van der Waals surface area contributed by atoms with E-state index in [1.165, 1.54) is 11.8 Å². The Balaban J connectivity index is 2.26. The molecule has 1 saturated heterocycles. The summed E-state index contributed by atoms with van der Waals surface area (Å²) < 4.78 is 38.0. The lowest BCUT2D eigenvalue weighted by molar-refractivity contribution is -0.150. The van der Waals surface area contributed by atoms with Crippen LogP contribution in [0.25, 0.3) is 0 Å². The molecule has 0 aromatic carbocycles. The van der Waals surface area contributed by atoms with Crippen LogP contribution in [0.5, 0.6) is 0 Å². The largest absolute Gasteiger partial charge is 0.481 e. The molecule has 132 valence electrons. The number of halogens is 3. The number of hydrogen-bond acceptors (Lipinski definition) is 3. The van der Waals surface area contributed by atoms with Crippen molar-refractivity contribution in [3.05, 3.63) is 29.1 Å². The quantitative estimate of drug-likeness (QED) is 0.915. The minimum Gasteiger partial charge on any atom is -0.481 e. The van der Waals surface area contributed by atoms with Gasteiger partial charge in [0.05, 0.1) is 16.7 Å². The molecule has 0 aliphatic carbocycles. The maximum Gasteiger partial charge on any atom is 0.433 e. The monoisotopic (exact) mass is 344 g/mol. The number of aryl methyl sites for hydroxylation is 1. The van der Waals surface area contributed by atoms with Crippen LogP contribution < -0.4 is 0 Å². The van der Waals surface area contributed by atoms with Gasteiger partial charge in [-0.3, -0.25) is 9.59 Å². The van der Waals surface area contributed by atoms with Crippen molar-refractivity contribution < 1.29 is 27.9 Å². The molecular formula is C16H19F3N2O3. The van der Waals surface area contributed by atoms with Crippen molar-refractivity contribution in [3.8, 4) is 0 Å². The molecule has 1 aliphatic rings. The van der Waals surface area contributed by atoms with E-state index in [1.807, 2.05) is 0 Å². The zero-order valence-electron chi connectivity index (χ0n) is 13.6. The van der Waals surface area contributed by atoms with Crippen LogP contribution in [0.3, 0.4) is 0 Å². The molecule has 8 heteroatoms. The molecule has 1 amide bonds. The van der Waals surface area contributed by atoms with Gasteiger partial charge in [-0.1, -0.05) is 13.8 Å². The predicted octanol–water partition coefficient (Wildman–Crippen LogP) is 2.98. The maximum absolute atomic E-state index is 12.7. The van der Waals surface area contributed by atoms with Gasteiger partial charge in [-0.05, 0) is 31.4 Å². The van der Waals surface area contributed by atoms with E-state index in [4.69, 9.17) is 0 Å². The third kappa shape index (κ3) is 3.09. The van der Waals surface area contributed by atoms with Crippen molar-refractivity contribution in [1.29, 1.82) is 0 Å². The summed E-state index contributed by atoms with van der Waals surface area (Å²) in [5.41, 5.74) is -2.04. The summed E-state index contributed by atoms with van der Waals surface area (Å²) in [6, 6.07) is 1.87. The molecule has 0 spiro atoms. The standard InChI is InChI=1S/C16H19F3N2O3/c1-9(2)15(14(23)24)6-7-21(8-15)13(22)11-4-5-12(16(17,18)19)20-10(11)3/h4-5,9H,6-8H2,1-3H3,(H,23,24). The van der Waals surface area contributed by atoms with Crippen molar-refractivity contribution >= 4 is 11.9 Å². The summed E-state index contributed by atoms with van der Waals surface area (Å²) in [4.78, 5) is 29.0. The fourth-order valence-corrected chi connectivity index (χ4v) is 3.01. The molecule has 5 nitrogen and oxygen atoms in total. The van der Waals surface area contributed by atoms with E-state index in [0.29, 0.717) is 6.42 Å². The van der Waals surface area contributed by atoms with Crippen LogP contribution >= 0.6 is 0 Å². The topological polar surface area (TPSA) is 70.5 Å². The molecule has 24 heavy (non-hydrogen) atoms. The minimum atomic E-state index is -4.57. The second-order valence-corrected chi connectivity index (χ2v) is 6.42. The highest BCUT2D eigenvalue weighted by Crippen LogP contribution is 2.39. The van der Waals surface area contributed by atoms with E-state index in [2.05, 4.69) is 4.98 Å². The number of alkyl halides is 3. The molecule has 1 aromatic heterocycles. The van der Waals surface area contributed by atoms with E-state index in [9.17, 15) is 27.9 Å². The molecule has 1 aromatic rings. The summed E-state index contributed by atoms with van der Waals surface area (Å²) in [5, 5.41) is 9.51. The Bertz CT molecular complexity index is 673. The number of aromatic nitrogens is 1. The summed E-state index contributed by atoms with van der Waals surface area (Å²) in [5.74, 6) is -1.62. The minimum absolute atomic E-state index is 0.0211. The third-order valence-electron chi connectivity index (χ3n) is 4.73. The Kier molecular flexibility index (Phi) is 4.61. The summed E-state index contributed by atoms with van der Waals surface area (Å²) >= 11 is 0. The number of aliphatic carboxylic acids is 1. The summed E-state index contributed by atoms with van der Waals surface area (Å²) in [6.45, 7) is 5.20. The van der Waals surface area contributed by atoms with Crippen molar-refractivity contribution in [1.82, 2.24) is 9.88 Å². The first-order chi connectivity index (χ1) is 11.0. The zero-order chi connectivity index (χ0) is 18.3. The highest BCUT2D eigenvalue weighted by Gasteiger charge is 2.48. The molecule has 1 atom stereocenters. The number of amides is 1. The Hall–Kier alpha value is -2.12. The zero-order valence-corrected chi connectivity index (χ0v) is 13.6. The van der Waals surface area contributed by atoms with E-state index >= 15 is 0 Å². The smallest absolute Gasteiger partial charge is 0.433 e. The van der Waals surface area contributed by atoms with Crippen molar-refractivity contribution in [2.75, 3.05) is 13.1 Å². The highest BCUT2D eigenvalue weighted by atomic mass is 19.4. The van der Waals surface area contributed by atoms with Crippen LogP contribution in [0, 0.1) is 18.3 Å². The van der Waals surface area contributed by atoms with Gasteiger partial charge >= 0.3 is 12.1 Å². The van der Waals surface area contributed by atoms with Gasteiger partial charge in [0.1, 0.15) is 5.69 Å². The third-order valence-corrected chi connectivity index (χ3v) is 4.73. The summed E-state index contributed by atoms with van der Waals surface area (Å²) in [6.07, 6.45) is -4.26.